The fourth-order valence-electron chi connectivity index (χ4n) is 4.29. The number of rotatable bonds is 5. The molecule has 0 amide bonds. The normalized spacial score (nSPS) is 24.7. The number of nitrogens with zero attached hydrogens (tertiary/aromatic N) is 3. The average Bonchev–Trinajstić information content (AvgIpc) is 2.66. The van der Waals surface area contributed by atoms with Gasteiger partial charge in [-0.3, -0.25) is 4.90 Å². The summed E-state index contributed by atoms with van der Waals surface area (Å²) in [7, 11) is 0. The summed E-state index contributed by atoms with van der Waals surface area (Å²) in [5.41, 5.74) is 1.44. The lowest BCUT2D eigenvalue weighted by atomic mass is 9.83. The van der Waals surface area contributed by atoms with Crippen LogP contribution in [0.4, 0.5) is 0 Å². The number of guanidine groups is 1. The number of aliphatic imine (C=N–C) groups is 1. The molecule has 1 aromatic carbocycles. The zero-order valence-corrected chi connectivity index (χ0v) is 15.5. The van der Waals surface area contributed by atoms with Gasteiger partial charge in [-0.25, -0.2) is 4.99 Å². The second-order valence-corrected chi connectivity index (χ2v) is 7.14. The van der Waals surface area contributed by atoms with Crippen molar-refractivity contribution in [2.45, 2.75) is 38.8 Å². The van der Waals surface area contributed by atoms with Crippen molar-refractivity contribution in [2.75, 3.05) is 32.7 Å². The average molecular weight is 341 g/mol. The van der Waals surface area contributed by atoms with Gasteiger partial charge >= 0.3 is 0 Å². The predicted molar refractivity (Wildman–Crippen MR) is 106 cm³/mol. The highest BCUT2D eigenvalue weighted by Crippen LogP contribution is 2.31. The van der Waals surface area contributed by atoms with E-state index in [1.54, 1.807) is 0 Å². The Morgan fingerprint density at radius 2 is 2.12 bits per heavy atom. The first-order valence-electron chi connectivity index (χ1n) is 9.74. The zero-order chi connectivity index (χ0) is 17.5. The third-order valence-electron chi connectivity index (χ3n) is 5.42. The monoisotopic (exact) mass is 340 g/mol. The minimum Gasteiger partial charge on any atom is -0.357 e. The Bertz CT molecular complexity index is 569. The van der Waals surface area contributed by atoms with Crippen molar-refractivity contribution >= 4 is 5.96 Å². The summed E-state index contributed by atoms with van der Waals surface area (Å²) in [6.07, 6.45) is 5.75. The lowest BCUT2D eigenvalue weighted by Gasteiger charge is -2.48. The number of piperidine rings is 2. The minimum absolute atomic E-state index is 0.688. The topological polar surface area (TPSA) is 30.9 Å². The number of nitrogens with one attached hydrogen (secondary N) is 1. The Morgan fingerprint density at radius 3 is 2.88 bits per heavy atom. The molecule has 0 saturated carbocycles. The van der Waals surface area contributed by atoms with E-state index >= 15 is 0 Å². The van der Waals surface area contributed by atoms with Crippen molar-refractivity contribution < 1.29 is 0 Å². The highest BCUT2D eigenvalue weighted by molar-refractivity contribution is 5.80. The van der Waals surface area contributed by atoms with Crippen LogP contribution in [0.25, 0.3) is 0 Å². The summed E-state index contributed by atoms with van der Waals surface area (Å²) in [6.45, 7) is 12.1. The van der Waals surface area contributed by atoms with E-state index in [1.807, 2.05) is 6.08 Å². The fraction of sp³-hybridized carbons (Fsp3) is 0.571. The third kappa shape index (κ3) is 4.63. The largest absolute Gasteiger partial charge is 0.357 e. The molecule has 0 aliphatic carbocycles. The second kappa shape index (κ2) is 9.04. The SMILES string of the molecule is C=CCN=C(NCC)N1CCC2C(CCCN2Cc2ccccc2)C1. The molecular formula is C21H32N4. The Morgan fingerprint density at radius 1 is 1.28 bits per heavy atom. The second-order valence-electron chi connectivity index (χ2n) is 7.14. The summed E-state index contributed by atoms with van der Waals surface area (Å²) in [6, 6.07) is 11.6. The third-order valence-corrected chi connectivity index (χ3v) is 5.42. The highest BCUT2D eigenvalue weighted by Gasteiger charge is 2.36. The number of hydrogen-bond acceptors (Lipinski definition) is 2. The molecule has 2 aliphatic heterocycles. The molecule has 2 heterocycles. The van der Waals surface area contributed by atoms with Crippen molar-refractivity contribution in [3.05, 3.63) is 48.6 Å². The number of hydrogen-bond donors (Lipinski definition) is 1. The number of fused-ring (bicyclic) bond motifs is 1. The van der Waals surface area contributed by atoms with Gasteiger partial charge < -0.3 is 10.2 Å². The minimum atomic E-state index is 0.688. The molecule has 4 nitrogen and oxygen atoms in total. The zero-order valence-electron chi connectivity index (χ0n) is 15.5. The van der Waals surface area contributed by atoms with Crippen LogP contribution in [0.5, 0.6) is 0 Å². The fourth-order valence-corrected chi connectivity index (χ4v) is 4.29. The molecule has 25 heavy (non-hydrogen) atoms. The Balaban J connectivity index is 1.64. The van der Waals surface area contributed by atoms with Gasteiger partial charge in [-0.1, -0.05) is 36.4 Å². The van der Waals surface area contributed by atoms with Gasteiger partial charge in [0, 0.05) is 32.2 Å². The molecule has 0 bridgehead atoms. The van der Waals surface area contributed by atoms with Gasteiger partial charge in [0.05, 0.1) is 6.54 Å². The molecule has 2 unspecified atom stereocenters. The molecule has 3 rings (SSSR count). The van der Waals surface area contributed by atoms with Gasteiger partial charge in [0.1, 0.15) is 0 Å². The van der Waals surface area contributed by atoms with Crippen LogP contribution < -0.4 is 5.32 Å². The molecule has 2 fully saturated rings. The summed E-state index contributed by atoms with van der Waals surface area (Å²) >= 11 is 0. The van der Waals surface area contributed by atoms with Crippen LogP contribution in [0.2, 0.25) is 0 Å². The van der Waals surface area contributed by atoms with Crippen LogP contribution in [0.1, 0.15) is 31.7 Å². The maximum Gasteiger partial charge on any atom is 0.194 e. The smallest absolute Gasteiger partial charge is 0.194 e. The summed E-state index contributed by atoms with van der Waals surface area (Å²) in [4.78, 5) is 9.86. The van der Waals surface area contributed by atoms with Crippen LogP contribution in [-0.2, 0) is 6.54 Å². The Kier molecular flexibility index (Phi) is 6.51. The van der Waals surface area contributed by atoms with Crippen molar-refractivity contribution in [2.24, 2.45) is 10.9 Å². The van der Waals surface area contributed by atoms with Crippen molar-refractivity contribution in [1.82, 2.24) is 15.1 Å². The van der Waals surface area contributed by atoms with Crippen molar-refractivity contribution in [1.29, 1.82) is 0 Å². The molecule has 1 N–H and O–H groups in total. The quantitative estimate of drug-likeness (QED) is 0.507. The van der Waals surface area contributed by atoms with E-state index < -0.39 is 0 Å². The van der Waals surface area contributed by atoms with Gasteiger partial charge in [-0.15, -0.1) is 6.58 Å². The van der Waals surface area contributed by atoms with E-state index in [4.69, 9.17) is 0 Å². The molecule has 136 valence electrons. The van der Waals surface area contributed by atoms with Crippen molar-refractivity contribution in [3.8, 4) is 0 Å². The van der Waals surface area contributed by atoms with E-state index in [-0.39, 0.29) is 0 Å². The first kappa shape index (κ1) is 18.0. The molecule has 4 heteroatoms. The van der Waals surface area contributed by atoms with E-state index in [0.717, 1.165) is 38.1 Å². The van der Waals surface area contributed by atoms with Gasteiger partial charge in [0.25, 0.3) is 0 Å². The number of likely N-dealkylation sites (tertiary alicyclic amines) is 2. The van der Waals surface area contributed by atoms with Gasteiger partial charge in [-0.2, -0.15) is 0 Å². The molecule has 0 aromatic heterocycles. The lowest BCUT2D eigenvalue weighted by molar-refractivity contribution is 0.0372. The maximum absolute atomic E-state index is 4.68. The molecule has 2 saturated heterocycles. The molecule has 1 aromatic rings. The van der Waals surface area contributed by atoms with Gasteiger partial charge in [0.15, 0.2) is 5.96 Å². The first-order chi connectivity index (χ1) is 12.3. The molecule has 2 aliphatic rings. The van der Waals surface area contributed by atoms with Crippen molar-refractivity contribution in [3.63, 3.8) is 0 Å². The van der Waals surface area contributed by atoms with E-state index in [2.05, 4.69) is 63.9 Å². The molecular weight excluding hydrogens is 308 g/mol. The van der Waals surface area contributed by atoms with E-state index in [9.17, 15) is 0 Å². The van der Waals surface area contributed by atoms with Crippen LogP contribution in [0, 0.1) is 5.92 Å². The molecule has 0 spiro atoms. The van der Waals surface area contributed by atoms with Gasteiger partial charge in [0.2, 0.25) is 0 Å². The summed E-state index contributed by atoms with van der Waals surface area (Å²) in [5, 5.41) is 3.45. The Hall–Kier alpha value is -1.81. The lowest BCUT2D eigenvalue weighted by Crippen LogP contribution is -2.56. The Labute approximate surface area is 152 Å². The summed E-state index contributed by atoms with van der Waals surface area (Å²) in [5.74, 6) is 1.81. The van der Waals surface area contributed by atoms with Crippen LogP contribution in [-0.4, -0.2) is 54.5 Å². The standard InChI is InChI=1S/C21H32N4/c1-3-13-23-21(22-4-2)25-15-12-20-19(17-25)11-8-14-24(20)16-18-9-6-5-7-10-18/h3,5-7,9-10,19-20H,1,4,8,11-17H2,2H3,(H,22,23). The highest BCUT2D eigenvalue weighted by atomic mass is 15.3. The van der Waals surface area contributed by atoms with Gasteiger partial charge in [-0.05, 0) is 44.2 Å². The summed E-state index contributed by atoms with van der Waals surface area (Å²) < 4.78 is 0. The van der Waals surface area contributed by atoms with Crippen LogP contribution >= 0.6 is 0 Å². The molecule has 0 radical (unpaired) electrons. The van der Waals surface area contributed by atoms with Crippen LogP contribution in [0.3, 0.4) is 0 Å². The maximum atomic E-state index is 4.68. The van der Waals surface area contributed by atoms with Crippen LogP contribution in [0.15, 0.2) is 48.0 Å². The number of benzene rings is 1. The molecule has 2 atom stereocenters. The first-order valence-corrected chi connectivity index (χ1v) is 9.74. The van der Waals surface area contributed by atoms with E-state index in [1.165, 1.54) is 31.4 Å². The van der Waals surface area contributed by atoms with E-state index in [0.29, 0.717) is 12.6 Å². The predicted octanol–water partition coefficient (Wildman–Crippen LogP) is 3.12.